The highest BCUT2D eigenvalue weighted by atomic mass is 32.2. The van der Waals surface area contributed by atoms with Gasteiger partial charge in [-0.1, -0.05) is 19.6 Å². The van der Waals surface area contributed by atoms with Gasteiger partial charge in [0.25, 0.3) is 0 Å². The molecule has 0 atom stereocenters. The Labute approximate surface area is 198 Å². The number of benzene rings is 2. The minimum Gasteiger partial charge on any atom is -0.435 e. The van der Waals surface area contributed by atoms with Crippen LogP contribution in [0, 0.1) is 5.41 Å². The number of anilines is 3. The molecule has 34 heavy (non-hydrogen) atoms. The van der Waals surface area contributed by atoms with E-state index in [0.717, 1.165) is 11.4 Å². The molecule has 9 heteroatoms. The predicted octanol–water partition coefficient (Wildman–Crippen LogP) is 5.52. The molecule has 4 rings (SSSR count). The van der Waals surface area contributed by atoms with Crippen LogP contribution in [0.5, 0.6) is 5.75 Å². The summed E-state index contributed by atoms with van der Waals surface area (Å²) in [4.78, 5) is 17.0. The molecule has 0 saturated carbocycles. The lowest BCUT2D eigenvalue weighted by Crippen LogP contribution is -2.33. The predicted molar refractivity (Wildman–Crippen MR) is 129 cm³/mol. The molecular weight excluding hydrogens is 462 g/mol. The second-order valence-corrected chi connectivity index (χ2v) is 11.4. The summed E-state index contributed by atoms with van der Waals surface area (Å²) < 4.78 is 53.5. The molecule has 0 unspecified atom stereocenters. The van der Waals surface area contributed by atoms with E-state index in [2.05, 4.69) is 11.3 Å². The van der Waals surface area contributed by atoms with Crippen LogP contribution in [-0.2, 0) is 9.84 Å². The summed E-state index contributed by atoms with van der Waals surface area (Å²) in [6.45, 7) is 5.80. The van der Waals surface area contributed by atoms with Crippen LogP contribution in [0.15, 0.2) is 54.9 Å². The summed E-state index contributed by atoms with van der Waals surface area (Å²) in [6.07, 6.45) is 1.24. The number of ketones is 1. The molecule has 0 bridgehead atoms. The molecule has 2 heterocycles. The fraction of sp³-hybridized carbons (Fsp3) is 0.400. The van der Waals surface area contributed by atoms with Gasteiger partial charge in [0, 0.05) is 24.6 Å². The smallest absolute Gasteiger partial charge is 0.387 e. The quantitative estimate of drug-likeness (QED) is 0.476. The largest absolute Gasteiger partial charge is 0.435 e. The maximum absolute atomic E-state index is 13.2. The average molecular weight is 491 g/mol. The minimum atomic E-state index is -3.01. The molecule has 1 saturated heterocycles. The van der Waals surface area contributed by atoms with Crippen molar-refractivity contribution in [2.24, 2.45) is 5.41 Å². The maximum Gasteiger partial charge on any atom is 0.387 e. The molecule has 0 aliphatic carbocycles. The van der Waals surface area contributed by atoms with E-state index in [1.54, 1.807) is 18.2 Å². The minimum absolute atomic E-state index is 0.0305. The Balaban J connectivity index is 1.61. The summed E-state index contributed by atoms with van der Waals surface area (Å²) in [5.74, 6) is 0.894. The fourth-order valence-corrected chi connectivity index (χ4v) is 6.45. The first-order valence-corrected chi connectivity index (χ1v) is 13.0. The van der Waals surface area contributed by atoms with Gasteiger partial charge in [-0.3, -0.25) is 9.69 Å². The molecule has 6 nitrogen and oxygen atoms in total. The highest BCUT2D eigenvalue weighted by Crippen LogP contribution is 2.47. The summed E-state index contributed by atoms with van der Waals surface area (Å²) >= 11 is 0. The van der Waals surface area contributed by atoms with E-state index in [0.29, 0.717) is 36.5 Å². The van der Waals surface area contributed by atoms with E-state index in [4.69, 9.17) is 0 Å². The Hall–Kier alpha value is -2.94. The number of Topliss-reactive ketones (excluding diaryl/α,β-unsaturated/α-hetero) is 1. The zero-order valence-corrected chi connectivity index (χ0v) is 20.1. The van der Waals surface area contributed by atoms with Crippen LogP contribution >= 0.6 is 0 Å². The van der Waals surface area contributed by atoms with Crippen molar-refractivity contribution in [1.29, 1.82) is 0 Å². The molecule has 2 aromatic carbocycles. The van der Waals surface area contributed by atoms with E-state index in [1.165, 1.54) is 12.1 Å². The number of hydrogen-bond acceptors (Lipinski definition) is 6. The second-order valence-electron chi connectivity index (χ2n) is 9.14. The van der Waals surface area contributed by atoms with Crippen LogP contribution < -0.4 is 14.5 Å². The molecule has 2 aliphatic heterocycles. The molecule has 0 amide bonds. The number of rotatable bonds is 7. The van der Waals surface area contributed by atoms with Crippen molar-refractivity contribution in [1.82, 2.24) is 0 Å². The van der Waals surface area contributed by atoms with Crippen molar-refractivity contribution in [3.8, 4) is 5.75 Å². The standard InChI is InChI=1S/C25H28F2N2O4S/c1-4-28-17(2)29(19-6-5-7-20(15-19)33-24(26)27)21-9-8-18(14-22(21)28)23(30)16-25(3)10-12-34(31,32)13-11-25/h5-9,14-15,24H,2,4,10-13,16H2,1,3H3. The SMILES string of the molecule is C=C1N(CC)c2cc(C(=O)CC3(C)CCS(=O)(=O)CC3)ccc2N1c1cccc(OC(F)F)c1. The Kier molecular flexibility index (Phi) is 6.42. The van der Waals surface area contributed by atoms with E-state index in [9.17, 15) is 22.0 Å². The van der Waals surface area contributed by atoms with Crippen molar-refractivity contribution in [2.75, 3.05) is 27.9 Å². The van der Waals surface area contributed by atoms with Gasteiger partial charge in [0.05, 0.1) is 28.6 Å². The number of sulfone groups is 1. The van der Waals surface area contributed by atoms with Crippen LogP contribution in [0.4, 0.5) is 25.8 Å². The molecule has 0 aromatic heterocycles. The normalized spacial score (nSPS) is 18.8. The summed E-state index contributed by atoms with van der Waals surface area (Å²) in [5, 5.41) is 0. The summed E-state index contributed by atoms with van der Waals surface area (Å²) in [6, 6.07) is 11.8. The Morgan fingerprint density at radius 2 is 1.85 bits per heavy atom. The van der Waals surface area contributed by atoms with Gasteiger partial charge in [-0.2, -0.15) is 8.78 Å². The van der Waals surface area contributed by atoms with Crippen LogP contribution in [0.25, 0.3) is 0 Å². The molecule has 2 aliphatic rings. The van der Waals surface area contributed by atoms with Gasteiger partial charge < -0.3 is 9.64 Å². The van der Waals surface area contributed by atoms with E-state index in [-0.39, 0.29) is 34.9 Å². The number of nitrogens with zero attached hydrogens (tertiary/aromatic N) is 2. The molecule has 0 N–H and O–H groups in total. The zero-order chi connectivity index (χ0) is 24.7. The van der Waals surface area contributed by atoms with Gasteiger partial charge in [0.1, 0.15) is 21.4 Å². The Morgan fingerprint density at radius 3 is 2.50 bits per heavy atom. The van der Waals surface area contributed by atoms with Gasteiger partial charge >= 0.3 is 6.61 Å². The third kappa shape index (κ3) is 4.80. The average Bonchev–Trinajstić information content (AvgIpc) is 3.06. The number of ether oxygens (including phenoxy) is 1. The Bertz CT molecular complexity index is 1220. The number of alkyl halides is 2. The van der Waals surface area contributed by atoms with Crippen LogP contribution in [0.3, 0.4) is 0 Å². The molecule has 0 spiro atoms. The molecular formula is C25H28F2N2O4S. The lowest BCUT2D eigenvalue weighted by molar-refractivity contribution is -0.0498. The fourth-order valence-electron chi connectivity index (χ4n) is 4.64. The first kappa shape index (κ1) is 24.2. The lowest BCUT2D eigenvalue weighted by Gasteiger charge is -2.32. The topological polar surface area (TPSA) is 66.9 Å². The maximum atomic E-state index is 13.2. The van der Waals surface area contributed by atoms with Crippen molar-refractivity contribution >= 4 is 32.7 Å². The van der Waals surface area contributed by atoms with E-state index >= 15 is 0 Å². The van der Waals surface area contributed by atoms with Crippen molar-refractivity contribution in [2.45, 2.75) is 39.7 Å². The van der Waals surface area contributed by atoms with Gasteiger partial charge in [-0.25, -0.2) is 8.42 Å². The van der Waals surface area contributed by atoms with Crippen molar-refractivity contribution in [3.05, 3.63) is 60.4 Å². The first-order valence-electron chi connectivity index (χ1n) is 11.2. The van der Waals surface area contributed by atoms with Crippen molar-refractivity contribution in [3.63, 3.8) is 0 Å². The number of hydrogen-bond donors (Lipinski definition) is 0. The zero-order valence-electron chi connectivity index (χ0n) is 19.3. The summed E-state index contributed by atoms with van der Waals surface area (Å²) in [7, 11) is -3.01. The van der Waals surface area contributed by atoms with Crippen LogP contribution in [-0.4, -0.2) is 38.9 Å². The number of fused-ring (bicyclic) bond motifs is 1. The number of carbonyl (C=O) groups excluding carboxylic acids is 1. The third-order valence-electron chi connectivity index (χ3n) is 6.64. The Morgan fingerprint density at radius 1 is 1.15 bits per heavy atom. The molecule has 182 valence electrons. The van der Waals surface area contributed by atoms with Gasteiger partial charge in [0.2, 0.25) is 0 Å². The number of halogens is 2. The van der Waals surface area contributed by atoms with Gasteiger partial charge in [-0.15, -0.1) is 0 Å². The van der Waals surface area contributed by atoms with Gasteiger partial charge in [0.15, 0.2) is 5.78 Å². The second kappa shape index (κ2) is 9.02. The molecule has 0 radical (unpaired) electrons. The van der Waals surface area contributed by atoms with E-state index < -0.39 is 16.4 Å². The van der Waals surface area contributed by atoms with E-state index in [1.807, 2.05) is 35.8 Å². The van der Waals surface area contributed by atoms with Crippen LogP contribution in [0.2, 0.25) is 0 Å². The lowest BCUT2D eigenvalue weighted by atomic mass is 9.78. The summed E-state index contributed by atoms with van der Waals surface area (Å²) in [5.41, 5.74) is 2.42. The molecule has 1 fully saturated rings. The van der Waals surface area contributed by atoms with Gasteiger partial charge in [-0.05, 0) is 55.5 Å². The first-order chi connectivity index (χ1) is 16.0. The monoisotopic (exact) mass is 490 g/mol. The highest BCUT2D eigenvalue weighted by molar-refractivity contribution is 7.91. The highest BCUT2D eigenvalue weighted by Gasteiger charge is 2.36. The number of carbonyl (C=O) groups is 1. The third-order valence-corrected chi connectivity index (χ3v) is 8.29. The van der Waals surface area contributed by atoms with Crippen molar-refractivity contribution < 1.29 is 26.7 Å². The molecule has 2 aromatic rings. The van der Waals surface area contributed by atoms with Crippen LogP contribution in [0.1, 0.15) is 43.5 Å².